The summed E-state index contributed by atoms with van der Waals surface area (Å²) in [6.07, 6.45) is 60.3. The maximum absolute atomic E-state index is 13.0. The number of hydrogen-bond donors (Lipinski definition) is 0. The van der Waals surface area contributed by atoms with Crippen molar-refractivity contribution >= 4 is 23.9 Å². The van der Waals surface area contributed by atoms with Crippen LogP contribution < -0.4 is 0 Å². The predicted octanol–water partition coefficient (Wildman–Crippen LogP) is 20.9. The number of rotatable bonds is 84. The summed E-state index contributed by atoms with van der Waals surface area (Å²) in [4.78, 5) is 58.8. The number of unbranched alkanes of at least 4 members (excludes halogenated alkanes) is 40. The minimum Gasteiger partial charge on any atom is -0.466 e. The van der Waals surface area contributed by atoms with Gasteiger partial charge in [0.1, 0.15) is 0 Å². The molecule has 0 N–H and O–H groups in total. The fourth-order valence-electron chi connectivity index (χ4n) is 12.3. The highest BCUT2D eigenvalue weighted by Crippen LogP contribution is 2.15. The molecule has 0 radical (unpaired) electrons. The summed E-state index contributed by atoms with van der Waals surface area (Å²) in [5, 5.41) is 0. The van der Waals surface area contributed by atoms with E-state index in [0.717, 1.165) is 246 Å². The first-order valence-corrected chi connectivity index (χ1v) is 42.3. The molecule has 0 aromatic rings. The third-order valence-electron chi connectivity index (χ3n) is 18.9. The molecule has 0 spiro atoms. The van der Waals surface area contributed by atoms with Gasteiger partial charge in [0.2, 0.25) is 0 Å². The van der Waals surface area contributed by atoms with Crippen molar-refractivity contribution in [3.63, 3.8) is 0 Å². The second-order valence-electron chi connectivity index (χ2n) is 28.6. The predicted molar refractivity (Wildman–Crippen MR) is 410 cm³/mol. The molecule has 0 aliphatic carbocycles. The van der Waals surface area contributed by atoms with Crippen LogP contribution in [0, 0.1) is 0 Å². The molecule has 0 aromatic heterocycles. The molecule has 98 heavy (non-hydrogen) atoms. The van der Waals surface area contributed by atoms with E-state index in [1.807, 2.05) is 0 Å². The van der Waals surface area contributed by atoms with Crippen LogP contribution >= 0.6 is 0 Å². The normalized spacial score (nSPS) is 11.7. The maximum Gasteiger partial charge on any atom is 0.307 e. The van der Waals surface area contributed by atoms with Gasteiger partial charge in [-0.1, -0.05) is 259 Å². The molecule has 0 aliphatic rings. The van der Waals surface area contributed by atoms with Gasteiger partial charge in [0.05, 0.1) is 52.1 Å². The minimum absolute atomic E-state index is 0.188. The van der Waals surface area contributed by atoms with Crippen molar-refractivity contribution in [3.8, 4) is 0 Å². The van der Waals surface area contributed by atoms with Crippen molar-refractivity contribution in [1.29, 1.82) is 0 Å². The Morgan fingerprint density at radius 1 is 0.194 bits per heavy atom. The number of nitrogens with zero attached hydrogens (tertiary/aromatic N) is 3. The highest BCUT2D eigenvalue weighted by atomic mass is 16.5. The molecule has 0 aliphatic heterocycles. The van der Waals surface area contributed by atoms with Gasteiger partial charge in [-0.3, -0.25) is 19.2 Å². The van der Waals surface area contributed by atoms with E-state index in [1.165, 1.54) is 154 Å². The van der Waals surface area contributed by atoms with Crippen molar-refractivity contribution in [2.24, 2.45) is 0 Å². The lowest BCUT2D eigenvalue weighted by atomic mass is 10.1. The Labute approximate surface area is 605 Å². The smallest absolute Gasteiger partial charge is 0.307 e. The number of ether oxygens (including phenoxy) is 8. The quantitative estimate of drug-likeness (QED) is 0.0322. The van der Waals surface area contributed by atoms with Crippen molar-refractivity contribution in [2.45, 2.75) is 374 Å². The number of esters is 4. The second kappa shape index (κ2) is 81.9. The van der Waals surface area contributed by atoms with Crippen LogP contribution in [0.5, 0.6) is 0 Å². The first kappa shape index (κ1) is 95.6. The molecule has 0 unspecified atom stereocenters. The van der Waals surface area contributed by atoms with Crippen LogP contribution in [0.25, 0.3) is 0 Å². The Kier molecular flexibility index (Phi) is 79.9. The number of carbonyl (C=O) groups is 4. The van der Waals surface area contributed by atoms with E-state index in [-0.39, 0.29) is 49.6 Å². The fourth-order valence-corrected chi connectivity index (χ4v) is 12.3. The van der Waals surface area contributed by atoms with Crippen molar-refractivity contribution < 1.29 is 57.1 Å². The summed E-state index contributed by atoms with van der Waals surface area (Å²) in [6, 6.07) is 0. The lowest BCUT2D eigenvalue weighted by Crippen LogP contribution is -2.34. The van der Waals surface area contributed by atoms with Crippen LogP contribution in [0.4, 0.5) is 0 Å². The largest absolute Gasteiger partial charge is 0.466 e. The summed E-state index contributed by atoms with van der Waals surface area (Å²) < 4.78 is 46.3. The molecule has 0 fully saturated rings. The Morgan fingerprint density at radius 3 is 0.541 bits per heavy atom. The van der Waals surface area contributed by atoms with E-state index in [2.05, 4.69) is 49.4 Å². The number of hydrogen-bond acceptors (Lipinski definition) is 15. The van der Waals surface area contributed by atoms with Crippen LogP contribution in [0.2, 0.25) is 0 Å². The molecule has 0 saturated carbocycles. The lowest BCUT2D eigenvalue weighted by molar-refractivity contribution is -0.146. The first-order valence-electron chi connectivity index (χ1n) is 42.3. The van der Waals surface area contributed by atoms with E-state index in [0.29, 0.717) is 52.6 Å². The van der Waals surface area contributed by atoms with Gasteiger partial charge < -0.3 is 52.6 Å². The van der Waals surface area contributed by atoms with Gasteiger partial charge in [-0.05, 0) is 123 Å². The molecule has 0 rings (SSSR count). The molecule has 0 atom stereocenters. The third-order valence-corrected chi connectivity index (χ3v) is 18.9. The molecule has 15 heteroatoms. The zero-order chi connectivity index (χ0) is 71.0. The molecular weight excluding hydrogens is 1230 g/mol. The van der Waals surface area contributed by atoms with Crippen LogP contribution in [-0.4, -0.2) is 177 Å². The van der Waals surface area contributed by atoms with E-state index in [9.17, 15) is 19.2 Å². The zero-order valence-corrected chi connectivity index (χ0v) is 65.6. The summed E-state index contributed by atoms with van der Waals surface area (Å²) >= 11 is 0. The van der Waals surface area contributed by atoms with E-state index in [1.54, 1.807) is 0 Å². The lowest BCUT2D eigenvalue weighted by Gasteiger charge is -2.25. The summed E-state index contributed by atoms with van der Waals surface area (Å²) in [5.41, 5.74) is 0. The fraction of sp³-hybridized carbons (Fsp3) is 0.952. The molecule has 0 saturated heterocycles. The molecule has 15 nitrogen and oxygen atoms in total. The molecule has 0 heterocycles. The van der Waals surface area contributed by atoms with Crippen LogP contribution in [-0.2, 0) is 57.1 Å². The van der Waals surface area contributed by atoms with Gasteiger partial charge in [0.25, 0.3) is 0 Å². The van der Waals surface area contributed by atoms with Crippen molar-refractivity contribution in [3.05, 3.63) is 0 Å². The standard InChI is InChI=1S/C83H163N3O12/c1-6-10-14-18-22-30-42-68-91-72-46-34-26-38-50-76-95-80(87)56-64-85(65-57-81(88)96-77-51-39-27-35-47-73-92-69-43-31-23-19-15-11-7-2)62-54-60-84(5)61-55-63-86(66-58-82(89)97-78-52-40-28-36-48-74-93-70-44-32-24-20-16-12-8-3)67-59-83(90)98-79-53-41-29-37-49-75-94-71-45-33-25-21-17-13-9-4/h6-79H2,1-5H3. The van der Waals surface area contributed by atoms with Gasteiger partial charge in [0.15, 0.2) is 0 Å². The molecule has 0 amide bonds. The van der Waals surface area contributed by atoms with Crippen LogP contribution in [0.3, 0.4) is 0 Å². The number of carbonyl (C=O) groups excluding carboxylic acids is 4. The average molecular weight is 1400 g/mol. The van der Waals surface area contributed by atoms with E-state index >= 15 is 0 Å². The van der Waals surface area contributed by atoms with E-state index in [4.69, 9.17) is 37.9 Å². The van der Waals surface area contributed by atoms with Crippen molar-refractivity contribution in [1.82, 2.24) is 14.7 Å². The topological polar surface area (TPSA) is 152 Å². The zero-order valence-electron chi connectivity index (χ0n) is 65.6. The first-order chi connectivity index (χ1) is 48.2. The highest BCUT2D eigenvalue weighted by Gasteiger charge is 2.16. The summed E-state index contributed by atoms with van der Waals surface area (Å²) in [6.45, 7) is 22.9. The van der Waals surface area contributed by atoms with Crippen LogP contribution in [0.1, 0.15) is 374 Å². The molecule has 582 valence electrons. The molecule has 0 aromatic carbocycles. The third kappa shape index (κ3) is 77.8. The van der Waals surface area contributed by atoms with Crippen molar-refractivity contribution in [2.75, 3.05) is 139 Å². The Balaban J connectivity index is 5.10. The highest BCUT2D eigenvalue weighted by molar-refractivity contribution is 5.71. The summed E-state index contributed by atoms with van der Waals surface area (Å²) in [7, 11) is 2.13. The average Bonchev–Trinajstić information content (AvgIpc) is 3.25. The molecular formula is C83H163N3O12. The van der Waals surface area contributed by atoms with E-state index < -0.39 is 0 Å². The van der Waals surface area contributed by atoms with Gasteiger partial charge >= 0.3 is 23.9 Å². The van der Waals surface area contributed by atoms with Crippen LogP contribution in [0.15, 0.2) is 0 Å². The van der Waals surface area contributed by atoms with Gasteiger partial charge in [-0.2, -0.15) is 0 Å². The van der Waals surface area contributed by atoms with Gasteiger partial charge in [0, 0.05) is 79.0 Å². The Bertz CT molecular complexity index is 1410. The minimum atomic E-state index is -0.188. The Hall–Kier alpha value is -2.40. The van der Waals surface area contributed by atoms with Gasteiger partial charge in [-0.25, -0.2) is 0 Å². The second-order valence-corrected chi connectivity index (χ2v) is 28.6. The Morgan fingerprint density at radius 2 is 0.357 bits per heavy atom. The molecule has 0 bridgehead atoms. The van der Waals surface area contributed by atoms with Gasteiger partial charge in [-0.15, -0.1) is 0 Å². The maximum atomic E-state index is 13.0. The monoisotopic (exact) mass is 1390 g/mol. The summed E-state index contributed by atoms with van der Waals surface area (Å²) in [5.74, 6) is -0.751. The SMILES string of the molecule is CCCCCCCCCOCCCCCCCOC(=O)CCN(CCCN(C)CCCN(CCC(=O)OCCCCCCCOCCCCCCCCC)CCC(=O)OCCCCCCCOCCCCCCCCC)CCC(=O)OCCCCCCCOCCCCCCCCC.